The predicted molar refractivity (Wildman–Crippen MR) is 92.8 cm³/mol. The Hall–Kier alpha value is -1.98. The molecule has 1 aromatic heterocycles. The summed E-state index contributed by atoms with van der Waals surface area (Å²) in [4.78, 5) is 14.1. The van der Waals surface area contributed by atoms with E-state index in [0.29, 0.717) is 29.0 Å². The largest absolute Gasteiger partial charge is 0.323 e. The van der Waals surface area contributed by atoms with Crippen LogP contribution in [0.2, 0.25) is 10.0 Å². The van der Waals surface area contributed by atoms with E-state index in [1.807, 2.05) is 32.1 Å². The third kappa shape index (κ3) is 3.07. The zero-order valence-electron chi connectivity index (χ0n) is 12.8. The van der Waals surface area contributed by atoms with Gasteiger partial charge in [0.25, 0.3) is 0 Å². The van der Waals surface area contributed by atoms with Crippen molar-refractivity contribution in [3.05, 3.63) is 51.7 Å². The Morgan fingerprint density at radius 2 is 1.87 bits per heavy atom. The highest BCUT2D eigenvalue weighted by atomic mass is 35.5. The number of rotatable bonds is 2. The van der Waals surface area contributed by atoms with Gasteiger partial charge in [0.05, 0.1) is 21.4 Å². The van der Waals surface area contributed by atoms with E-state index in [0.717, 1.165) is 16.9 Å². The highest BCUT2D eigenvalue weighted by Crippen LogP contribution is 2.28. The summed E-state index contributed by atoms with van der Waals surface area (Å²) in [6, 6.07) is 5.09. The van der Waals surface area contributed by atoms with Crippen LogP contribution < -0.4 is 5.32 Å². The Balaban J connectivity index is 1.96. The first kappa shape index (κ1) is 15.9. The maximum absolute atomic E-state index is 12.4. The van der Waals surface area contributed by atoms with Crippen molar-refractivity contribution >= 4 is 35.1 Å². The second-order valence-electron chi connectivity index (χ2n) is 5.38. The minimum Gasteiger partial charge on any atom is -0.317 e. The quantitative estimate of drug-likeness (QED) is 0.825. The first-order valence-corrected chi connectivity index (χ1v) is 7.95. The van der Waals surface area contributed by atoms with E-state index in [1.54, 1.807) is 21.7 Å². The Kier molecular flexibility index (Phi) is 4.33. The van der Waals surface area contributed by atoms with Crippen molar-refractivity contribution in [2.24, 2.45) is 0 Å². The molecule has 0 unspecified atom stereocenters. The molecule has 7 heteroatoms. The van der Waals surface area contributed by atoms with E-state index < -0.39 is 0 Å². The van der Waals surface area contributed by atoms with E-state index in [9.17, 15) is 4.79 Å². The van der Waals surface area contributed by atoms with Gasteiger partial charge >= 0.3 is 6.03 Å². The van der Waals surface area contributed by atoms with Crippen LogP contribution in [0.25, 0.3) is 5.69 Å². The average molecular weight is 351 g/mol. The Morgan fingerprint density at radius 3 is 2.52 bits per heavy atom. The van der Waals surface area contributed by atoms with Crippen LogP contribution in [0.3, 0.4) is 0 Å². The van der Waals surface area contributed by atoms with Crippen LogP contribution in [0.1, 0.15) is 11.3 Å². The molecule has 5 nitrogen and oxygen atoms in total. The number of amides is 2. The number of hydrogen-bond acceptors (Lipinski definition) is 2. The molecule has 1 aliphatic heterocycles. The van der Waals surface area contributed by atoms with Gasteiger partial charge in [0.2, 0.25) is 0 Å². The van der Waals surface area contributed by atoms with E-state index >= 15 is 0 Å². The number of halogens is 2. The van der Waals surface area contributed by atoms with E-state index in [2.05, 4.69) is 10.4 Å². The van der Waals surface area contributed by atoms with Gasteiger partial charge in [-0.15, -0.1) is 0 Å². The molecule has 0 bridgehead atoms. The molecule has 2 aromatic rings. The van der Waals surface area contributed by atoms with Gasteiger partial charge in [-0.3, -0.25) is 5.32 Å². The number of carbonyl (C=O) groups is 1. The molecule has 1 aromatic carbocycles. The number of hydrogen-bond donors (Lipinski definition) is 1. The van der Waals surface area contributed by atoms with Gasteiger partial charge in [0.1, 0.15) is 5.82 Å². The predicted octanol–water partition coefficient (Wildman–Crippen LogP) is 4.20. The fourth-order valence-electron chi connectivity index (χ4n) is 2.38. The molecule has 2 heterocycles. The fraction of sp³-hybridized carbons (Fsp3) is 0.250. The summed E-state index contributed by atoms with van der Waals surface area (Å²) in [6.45, 7) is 5.06. The molecule has 1 aliphatic rings. The van der Waals surface area contributed by atoms with Crippen molar-refractivity contribution in [1.29, 1.82) is 0 Å². The molecule has 0 saturated heterocycles. The minimum atomic E-state index is -0.153. The summed E-state index contributed by atoms with van der Waals surface area (Å²) in [5.41, 5.74) is 2.49. The molecule has 23 heavy (non-hydrogen) atoms. The summed E-state index contributed by atoms with van der Waals surface area (Å²) in [5.74, 6) is 0.637. The van der Waals surface area contributed by atoms with Gasteiger partial charge < -0.3 is 4.90 Å². The highest BCUT2D eigenvalue weighted by Gasteiger charge is 2.20. The molecule has 0 spiro atoms. The number of aromatic nitrogens is 2. The molecule has 1 N–H and O–H groups in total. The zero-order valence-corrected chi connectivity index (χ0v) is 14.3. The van der Waals surface area contributed by atoms with Crippen molar-refractivity contribution in [3.8, 4) is 5.69 Å². The standard InChI is InChI=1S/C16H16Cl2N4O/c1-10-11(2)20-22(12-5-6-13(17)14(18)9-12)15(10)19-16(23)21-7-3-4-8-21/h3-6,9H,7-8H2,1-2H3,(H,19,23). The number of anilines is 1. The van der Waals surface area contributed by atoms with Crippen LogP contribution in [0, 0.1) is 13.8 Å². The third-order valence-electron chi connectivity index (χ3n) is 3.84. The number of benzene rings is 1. The molecular weight excluding hydrogens is 335 g/mol. The number of carbonyl (C=O) groups excluding carboxylic acids is 1. The summed E-state index contributed by atoms with van der Waals surface area (Å²) in [6.07, 6.45) is 3.93. The third-order valence-corrected chi connectivity index (χ3v) is 4.58. The number of urea groups is 1. The second-order valence-corrected chi connectivity index (χ2v) is 6.19. The average Bonchev–Trinajstić information content (AvgIpc) is 3.14. The molecule has 0 atom stereocenters. The Morgan fingerprint density at radius 1 is 1.17 bits per heavy atom. The van der Waals surface area contributed by atoms with E-state index in [1.165, 1.54) is 0 Å². The minimum absolute atomic E-state index is 0.153. The lowest BCUT2D eigenvalue weighted by Gasteiger charge is -2.17. The Labute approximate surface area is 144 Å². The van der Waals surface area contributed by atoms with Crippen molar-refractivity contribution in [3.63, 3.8) is 0 Å². The van der Waals surface area contributed by atoms with Gasteiger partial charge in [-0.25, -0.2) is 9.48 Å². The Bertz CT molecular complexity index is 790. The molecule has 3 rings (SSSR count). The smallest absolute Gasteiger partial charge is 0.317 e. The normalized spacial score (nSPS) is 13.7. The molecule has 0 fully saturated rings. The topological polar surface area (TPSA) is 50.2 Å². The number of nitrogens with zero attached hydrogens (tertiary/aromatic N) is 3. The first-order valence-electron chi connectivity index (χ1n) is 7.20. The van der Waals surface area contributed by atoms with Crippen LogP contribution in [-0.4, -0.2) is 33.8 Å². The zero-order chi connectivity index (χ0) is 16.6. The van der Waals surface area contributed by atoms with Crippen LogP contribution >= 0.6 is 23.2 Å². The summed E-state index contributed by atoms with van der Waals surface area (Å²) >= 11 is 12.1. The fourth-order valence-corrected chi connectivity index (χ4v) is 2.67. The number of aryl methyl sites for hydroxylation is 1. The lowest BCUT2D eigenvalue weighted by atomic mass is 10.2. The molecule has 120 valence electrons. The van der Waals surface area contributed by atoms with Crippen molar-refractivity contribution in [2.45, 2.75) is 13.8 Å². The molecular formula is C16H16Cl2N4O. The SMILES string of the molecule is Cc1nn(-c2ccc(Cl)c(Cl)c2)c(NC(=O)N2CC=CC2)c1C. The van der Waals surface area contributed by atoms with Crippen LogP contribution in [0.4, 0.5) is 10.6 Å². The van der Waals surface area contributed by atoms with E-state index in [4.69, 9.17) is 23.2 Å². The van der Waals surface area contributed by atoms with Crippen LogP contribution in [0.5, 0.6) is 0 Å². The lowest BCUT2D eigenvalue weighted by molar-refractivity contribution is 0.224. The van der Waals surface area contributed by atoms with Gasteiger partial charge in [0.15, 0.2) is 0 Å². The van der Waals surface area contributed by atoms with Crippen molar-refractivity contribution in [2.75, 3.05) is 18.4 Å². The summed E-state index contributed by atoms with van der Waals surface area (Å²) in [5, 5.41) is 8.36. The highest BCUT2D eigenvalue weighted by molar-refractivity contribution is 6.42. The monoisotopic (exact) mass is 350 g/mol. The maximum atomic E-state index is 12.4. The van der Waals surface area contributed by atoms with Crippen LogP contribution in [0.15, 0.2) is 30.4 Å². The summed E-state index contributed by atoms with van der Waals surface area (Å²) < 4.78 is 1.67. The van der Waals surface area contributed by atoms with Crippen molar-refractivity contribution in [1.82, 2.24) is 14.7 Å². The molecule has 2 amide bonds. The molecule has 0 aliphatic carbocycles. The van der Waals surface area contributed by atoms with Crippen LogP contribution in [-0.2, 0) is 0 Å². The lowest BCUT2D eigenvalue weighted by Crippen LogP contribution is -2.33. The van der Waals surface area contributed by atoms with Gasteiger partial charge in [-0.1, -0.05) is 35.4 Å². The van der Waals surface area contributed by atoms with Gasteiger partial charge in [-0.2, -0.15) is 5.10 Å². The van der Waals surface area contributed by atoms with Gasteiger partial charge in [0, 0.05) is 18.7 Å². The number of nitrogens with one attached hydrogen (secondary N) is 1. The van der Waals surface area contributed by atoms with Crippen molar-refractivity contribution < 1.29 is 4.79 Å². The molecule has 0 radical (unpaired) electrons. The first-order chi connectivity index (χ1) is 11.0. The molecule has 0 saturated carbocycles. The summed E-state index contributed by atoms with van der Waals surface area (Å²) in [7, 11) is 0. The van der Waals surface area contributed by atoms with Gasteiger partial charge in [-0.05, 0) is 32.0 Å². The maximum Gasteiger partial charge on any atom is 0.323 e. The van der Waals surface area contributed by atoms with E-state index in [-0.39, 0.29) is 6.03 Å². The second kappa shape index (κ2) is 6.26.